The van der Waals surface area contributed by atoms with E-state index in [1.807, 2.05) is 108 Å². The Morgan fingerprint density at radius 3 is 1.34 bits per heavy atom. The number of aromatic nitrogens is 4. The fourth-order valence-corrected chi connectivity index (χ4v) is 8.93. The van der Waals surface area contributed by atoms with E-state index in [0.29, 0.717) is 98.6 Å². The summed E-state index contributed by atoms with van der Waals surface area (Å²) in [6, 6.07) is 38.4. The van der Waals surface area contributed by atoms with Crippen molar-refractivity contribution in [3.63, 3.8) is 0 Å². The van der Waals surface area contributed by atoms with Crippen LogP contribution in [0.2, 0.25) is 0 Å². The third-order valence-electron chi connectivity index (χ3n) is 12.3. The molecular weight excluding hydrogens is 1020 g/mol. The van der Waals surface area contributed by atoms with E-state index in [0.717, 1.165) is 11.0 Å². The molecule has 0 unspecified atom stereocenters. The molecule has 0 saturated heterocycles. The predicted octanol–water partition coefficient (Wildman–Crippen LogP) is 14.6. The second-order valence-electron chi connectivity index (χ2n) is 17.7. The molecule has 2 aliphatic rings. The van der Waals surface area contributed by atoms with Crippen molar-refractivity contribution >= 4 is 70.2 Å². The third kappa shape index (κ3) is 12.5. The fraction of sp³-hybridized carbons (Fsp3) is 0.125. The van der Waals surface area contributed by atoms with Crippen molar-refractivity contribution in [3.05, 3.63) is 201 Å². The largest absolute Gasteiger partial charge is 0.426 e. The quantitative estimate of drug-likeness (QED) is 0.0338. The van der Waals surface area contributed by atoms with Crippen molar-refractivity contribution in [1.29, 1.82) is 0 Å². The van der Waals surface area contributed by atoms with Crippen LogP contribution < -0.4 is 18.9 Å². The molecule has 1 radical (unpaired) electrons. The van der Waals surface area contributed by atoms with Gasteiger partial charge in [0.2, 0.25) is 0 Å². The molecule has 9 rings (SSSR count). The number of para-hydroxylation sites is 5. The van der Waals surface area contributed by atoms with E-state index in [4.69, 9.17) is 28.9 Å². The van der Waals surface area contributed by atoms with E-state index in [1.165, 1.54) is 0 Å². The number of carbonyl (C=O) groups is 4. The zero-order chi connectivity index (χ0) is 53.0. The van der Waals surface area contributed by atoms with Crippen LogP contribution in [0.1, 0.15) is 74.1 Å². The van der Waals surface area contributed by atoms with Gasteiger partial charge in [0.15, 0.2) is 5.75 Å². The first-order valence-electron chi connectivity index (χ1n) is 25.0. The van der Waals surface area contributed by atoms with Crippen LogP contribution in [0.25, 0.3) is 85.4 Å². The summed E-state index contributed by atoms with van der Waals surface area (Å²) in [4.78, 5) is 69.2. The molecule has 0 amide bonds. The van der Waals surface area contributed by atoms with Gasteiger partial charge in [-0.25, -0.2) is 9.97 Å². The molecule has 389 valence electrons. The second-order valence-corrected chi connectivity index (χ2v) is 17.7. The summed E-state index contributed by atoms with van der Waals surface area (Å²) >= 11 is 0. The van der Waals surface area contributed by atoms with Gasteiger partial charge in [0, 0.05) is 87.2 Å². The van der Waals surface area contributed by atoms with Crippen LogP contribution in [0.5, 0.6) is 23.0 Å². The Morgan fingerprint density at radius 2 is 0.844 bits per heavy atom. The topological polar surface area (TPSA) is 152 Å². The Labute approximate surface area is 456 Å². The summed E-state index contributed by atoms with van der Waals surface area (Å²) < 4.78 is 27.2. The number of H-pyrrole nitrogens is 1. The Morgan fingerprint density at radius 1 is 0.455 bits per heavy atom. The van der Waals surface area contributed by atoms with Crippen molar-refractivity contribution in [2.75, 3.05) is 0 Å². The van der Waals surface area contributed by atoms with Crippen molar-refractivity contribution < 1.29 is 55.2 Å². The second kappa shape index (κ2) is 25.4. The van der Waals surface area contributed by atoms with Crippen LogP contribution in [-0.2, 0) is 36.2 Å². The molecular formula is C64H54CuN4O8. The zero-order valence-corrected chi connectivity index (χ0v) is 43.1. The maximum Gasteiger partial charge on any atom is 0.311 e. The number of hydrogen-bond acceptors (Lipinski definition) is 10. The summed E-state index contributed by atoms with van der Waals surface area (Å²) in [6.07, 6.45) is 15.9. The molecule has 1 N–H and O–H groups in total. The normalized spacial score (nSPS) is 11.2. The Hall–Kier alpha value is -9.16. The molecule has 7 aromatic rings. The van der Waals surface area contributed by atoms with E-state index in [2.05, 4.69) is 31.3 Å². The smallest absolute Gasteiger partial charge is 0.311 e. The number of allylic oxidation sites excluding steroid dienone is 4. The van der Waals surface area contributed by atoms with Gasteiger partial charge < -0.3 is 28.5 Å². The van der Waals surface area contributed by atoms with Gasteiger partial charge in [-0.1, -0.05) is 91.0 Å². The monoisotopic (exact) mass is 1070 g/mol. The number of ether oxygens (including phenoxy) is 4. The maximum atomic E-state index is 13.9. The summed E-state index contributed by atoms with van der Waals surface area (Å²) in [5.74, 6) is -1.15. The number of nitrogens with zero attached hydrogens (tertiary/aromatic N) is 3. The van der Waals surface area contributed by atoms with Crippen LogP contribution in [0, 0.1) is 0 Å². The molecule has 5 heterocycles. The van der Waals surface area contributed by atoms with Gasteiger partial charge in [0.05, 0.1) is 39.5 Å². The number of rotatable bonds is 20. The molecule has 0 atom stereocenters. The van der Waals surface area contributed by atoms with E-state index in [9.17, 15) is 19.2 Å². The third-order valence-corrected chi connectivity index (χ3v) is 12.3. The molecule has 2 aliphatic heterocycles. The van der Waals surface area contributed by atoms with Crippen LogP contribution in [-0.4, -0.2) is 43.4 Å². The predicted molar refractivity (Wildman–Crippen MR) is 300 cm³/mol. The number of hydrogen-bond donors (Lipinski definition) is 1. The van der Waals surface area contributed by atoms with Crippen LogP contribution in [0.4, 0.5) is 0 Å². The van der Waals surface area contributed by atoms with Crippen LogP contribution >= 0.6 is 0 Å². The zero-order valence-electron chi connectivity index (χ0n) is 42.1. The fourth-order valence-electron chi connectivity index (χ4n) is 8.93. The SMILES string of the molecule is C=CCCC(=O)Oc1ccccc1-c1c(-c2ccccc2OC(=O)CCC=C)c2c(-c3ccccc3OC(=O)CCC=C)c3nc(cc4ccc(cc5nc(cc1n2-c1ccccc1OC(=O)CCC=C)C=C5)[nH]4)C=C3.[Cu]. The van der Waals surface area contributed by atoms with Gasteiger partial charge in [-0.3, -0.25) is 19.2 Å². The number of benzene rings is 4. The Bertz CT molecular complexity index is 3690. The molecule has 3 aromatic heterocycles. The average Bonchev–Trinajstić information content (AvgIpc) is 4.33. The van der Waals surface area contributed by atoms with Gasteiger partial charge in [0.1, 0.15) is 17.2 Å². The maximum absolute atomic E-state index is 13.9. The minimum Gasteiger partial charge on any atom is -0.426 e. The molecule has 0 spiro atoms. The summed E-state index contributed by atoms with van der Waals surface area (Å²) in [7, 11) is 0. The summed E-state index contributed by atoms with van der Waals surface area (Å²) in [5, 5.41) is 0. The Balaban J connectivity index is 0.00000784. The standard InChI is InChI=1S/C64H54N4O8.Cu/c1-5-9-29-57(69)73-53-25-17-13-21-47(53)61-50-38-37-45(67-50)40-44-34-33-42(65-44)39-43-35-36-46(66-43)41-52-62(48-22-14-18-26-54(48)74-58(70)30-10-6-2)63(49-23-15-19-27-55(49)75-59(71)31-11-7-3)64(61)68(52)51-24-16-20-28-56(51)76-60(72)32-12-8-4;/h5-8,13-28,33-41,65H,1-4,9-12,29-32H2;. The summed E-state index contributed by atoms with van der Waals surface area (Å²) in [6.45, 7) is 15.3. The van der Waals surface area contributed by atoms with Crippen molar-refractivity contribution in [2.24, 2.45) is 0 Å². The molecule has 13 heteroatoms. The molecule has 77 heavy (non-hydrogen) atoms. The van der Waals surface area contributed by atoms with Crippen molar-refractivity contribution in [3.8, 4) is 62.1 Å². The number of esters is 4. The van der Waals surface area contributed by atoms with Crippen molar-refractivity contribution in [1.82, 2.24) is 19.5 Å². The van der Waals surface area contributed by atoms with Gasteiger partial charge in [-0.2, -0.15) is 0 Å². The van der Waals surface area contributed by atoms with E-state index in [-0.39, 0.29) is 65.8 Å². The summed E-state index contributed by atoms with van der Waals surface area (Å²) in [5.41, 5.74) is 7.89. The first-order chi connectivity index (χ1) is 37.2. The molecule has 8 bridgehead atoms. The minimum absolute atomic E-state index is 0. The number of carbonyl (C=O) groups excluding carboxylic acids is 4. The van der Waals surface area contributed by atoms with Gasteiger partial charge >= 0.3 is 23.9 Å². The molecule has 0 fully saturated rings. The molecule has 0 saturated carbocycles. The number of aromatic amines is 1. The molecule has 12 nitrogen and oxygen atoms in total. The first-order valence-corrected chi connectivity index (χ1v) is 25.0. The van der Waals surface area contributed by atoms with Gasteiger partial charge in [0.25, 0.3) is 0 Å². The number of nitrogens with one attached hydrogen (secondary N) is 1. The molecule has 4 aromatic carbocycles. The van der Waals surface area contributed by atoms with Crippen LogP contribution in [0.15, 0.2) is 178 Å². The van der Waals surface area contributed by atoms with Gasteiger partial charge in [-0.05, 0) is 111 Å². The van der Waals surface area contributed by atoms with Gasteiger partial charge in [-0.15, -0.1) is 26.3 Å². The minimum atomic E-state index is -0.503. The van der Waals surface area contributed by atoms with E-state index < -0.39 is 23.9 Å². The first kappa shape index (κ1) is 54.1. The van der Waals surface area contributed by atoms with Crippen molar-refractivity contribution in [2.45, 2.75) is 51.4 Å². The molecule has 0 aliphatic carbocycles. The van der Waals surface area contributed by atoms with E-state index in [1.54, 1.807) is 72.8 Å². The Kier molecular flexibility index (Phi) is 17.8. The van der Waals surface area contributed by atoms with Crippen LogP contribution in [0.3, 0.4) is 0 Å². The van der Waals surface area contributed by atoms with E-state index >= 15 is 0 Å². The number of fused-ring (bicyclic) bond motifs is 8. The average molecular weight is 1070 g/mol.